The lowest BCUT2D eigenvalue weighted by Gasteiger charge is -2.30. The molecule has 4 heteroatoms. The van der Waals surface area contributed by atoms with Crippen molar-refractivity contribution in [3.8, 4) is 11.8 Å². The number of ether oxygens (including phenoxy) is 1. The van der Waals surface area contributed by atoms with Crippen molar-refractivity contribution in [3.05, 3.63) is 23.8 Å². The molecule has 0 amide bonds. The van der Waals surface area contributed by atoms with Crippen LogP contribution in [0.4, 0.5) is 5.69 Å². The van der Waals surface area contributed by atoms with Crippen molar-refractivity contribution in [2.45, 2.75) is 26.7 Å². The van der Waals surface area contributed by atoms with Crippen LogP contribution in [-0.2, 0) is 0 Å². The van der Waals surface area contributed by atoms with Crippen molar-refractivity contribution in [1.82, 2.24) is 0 Å². The Bertz CT molecular complexity index is 440. The molecule has 0 aliphatic heterocycles. The molecule has 1 rings (SSSR count). The van der Waals surface area contributed by atoms with Gasteiger partial charge in [-0.05, 0) is 25.0 Å². The van der Waals surface area contributed by atoms with Crippen LogP contribution in [0.1, 0.15) is 32.3 Å². The van der Waals surface area contributed by atoms with E-state index in [0.29, 0.717) is 17.9 Å². The third-order valence-electron chi connectivity index (χ3n) is 3.82. The smallest absolute Gasteiger partial charge is 0.143 e. The Morgan fingerprint density at radius 2 is 2.05 bits per heavy atom. The lowest BCUT2D eigenvalue weighted by Crippen LogP contribution is -2.32. The fourth-order valence-corrected chi connectivity index (χ4v) is 1.97. The van der Waals surface area contributed by atoms with Crippen molar-refractivity contribution < 1.29 is 9.84 Å². The molecule has 0 heterocycles. The number of nitrogens with one attached hydrogen (secondary N) is 1. The van der Waals surface area contributed by atoms with E-state index in [9.17, 15) is 5.11 Å². The normalized spacial score (nSPS) is 10.9. The summed E-state index contributed by atoms with van der Waals surface area (Å²) < 4.78 is 5.28. The van der Waals surface area contributed by atoms with Gasteiger partial charge in [0.25, 0.3) is 0 Å². The molecule has 0 unspecified atom stereocenters. The standard InChI is InChI=1S/C15H22N2O2/c1-4-15(5-2,11-18)10-17-13-7-6-12(9-16)8-14(13)19-3/h6-8,17-18H,4-5,10-11H2,1-3H3. The number of hydrogen-bond acceptors (Lipinski definition) is 4. The molecule has 1 aromatic carbocycles. The van der Waals surface area contributed by atoms with Crippen LogP contribution in [0.3, 0.4) is 0 Å². The number of rotatable bonds is 7. The lowest BCUT2D eigenvalue weighted by atomic mass is 9.83. The van der Waals surface area contributed by atoms with E-state index in [2.05, 4.69) is 25.2 Å². The molecule has 0 aromatic heterocycles. The molecule has 0 aliphatic rings. The third kappa shape index (κ3) is 3.62. The van der Waals surface area contributed by atoms with Crippen LogP contribution in [0.5, 0.6) is 5.75 Å². The highest BCUT2D eigenvalue weighted by molar-refractivity contribution is 5.59. The number of aliphatic hydroxyl groups excluding tert-OH is 1. The number of benzene rings is 1. The van der Waals surface area contributed by atoms with E-state index < -0.39 is 0 Å². The van der Waals surface area contributed by atoms with Gasteiger partial charge in [0.15, 0.2) is 0 Å². The van der Waals surface area contributed by atoms with Crippen molar-refractivity contribution in [1.29, 1.82) is 5.26 Å². The summed E-state index contributed by atoms with van der Waals surface area (Å²) in [5.41, 5.74) is 1.31. The van der Waals surface area contributed by atoms with Crippen LogP contribution < -0.4 is 10.1 Å². The SMILES string of the molecule is CCC(CC)(CO)CNc1ccc(C#N)cc1OC. The van der Waals surface area contributed by atoms with E-state index in [4.69, 9.17) is 10.00 Å². The maximum atomic E-state index is 9.55. The number of nitrogens with zero attached hydrogens (tertiary/aromatic N) is 1. The first kappa shape index (κ1) is 15.3. The maximum absolute atomic E-state index is 9.55. The summed E-state index contributed by atoms with van der Waals surface area (Å²) in [4.78, 5) is 0. The topological polar surface area (TPSA) is 65.3 Å². The summed E-state index contributed by atoms with van der Waals surface area (Å²) >= 11 is 0. The molecule has 0 saturated carbocycles. The monoisotopic (exact) mass is 262 g/mol. The van der Waals surface area contributed by atoms with E-state index in [0.717, 1.165) is 18.5 Å². The Balaban J connectivity index is 2.85. The highest BCUT2D eigenvalue weighted by Crippen LogP contribution is 2.30. The number of aliphatic hydroxyl groups is 1. The number of nitriles is 1. The fraction of sp³-hybridized carbons (Fsp3) is 0.533. The van der Waals surface area contributed by atoms with Crippen LogP contribution in [0.25, 0.3) is 0 Å². The summed E-state index contributed by atoms with van der Waals surface area (Å²) in [6.45, 7) is 5.00. The average Bonchev–Trinajstić information content (AvgIpc) is 2.49. The first-order chi connectivity index (χ1) is 9.14. The highest BCUT2D eigenvalue weighted by atomic mass is 16.5. The number of anilines is 1. The van der Waals surface area contributed by atoms with Gasteiger partial charge in [-0.25, -0.2) is 0 Å². The summed E-state index contributed by atoms with van der Waals surface area (Å²) in [6, 6.07) is 7.39. The summed E-state index contributed by atoms with van der Waals surface area (Å²) in [6.07, 6.45) is 1.82. The van der Waals surface area contributed by atoms with Gasteiger partial charge in [0.1, 0.15) is 5.75 Å². The van der Waals surface area contributed by atoms with Gasteiger partial charge in [-0.1, -0.05) is 13.8 Å². The molecule has 0 aliphatic carbocycles. The third-order valence-corrected chi connectivity index (χ3v) is 3.82. The van der Waals surface area contributed by atoms with Crippen molar-refractivity contribution in [3.63, 3.8) is 0 Å². The zero-order valence-corrected chi connectivity index (χ0v) is 11.9. The van der Waals surface area contributed by atoms with Crippen LogP contribution in [0.2, 0.25) is 0 Å². The van der Waals surface area contributed by atoms with E-state index in [1.54, 1.807) is 19.2 Å². The second-order valence-corrected chi connectivity index (χ2v) is 4.75. The van der Waals surface area contributed by atoms with Gasteiger partial charge in [0, 0.05) is 18.0 Å². The molecule has 0 radical (unpaired) electrons. The van der Waals surface area contributed by atoms with E-state index in [-0.39, 0.29) is 12.0 Å². The van der Waals surface area contributed by atoms with Gasteiger partial charge < -0.3 is 15.2 Å². The van der Waals surface area contributed by atoms with E-state index in [1.165, 1.54) is 0 Å². The molecular weight excluding hydrogens is 240 g/mol. The largest absolute Gasteiger partial charge is 0.495 e. The number of hydrogen-bond donors (Lipinski definition) is 2. The molecule has 104 valence electrons. The van der Waals surface area contributed by atoms with Gasteiger partial charge in [0.05, 0.1) is 31.0 Å². The van der Waals surface area contributed by atoms with Crippen LogP contribution in [0.15, 0.2) is 18.2 Å². The molecule has 0 spiro atoms. The van der Waals surface area contributed by atoms with Gasteiger partial charge in [-0.3, -0.25) is 0 Å². The van der Waals surface area contributed by atoms with Gasteiger partial charge in [-0.2, -0.15) is 5.26 Å². The molecule has 0 atom stereocenters. The van der Waals surface area contributed by atoms with Crippen LogP contribution in [0, 0.1) is 16.7 Å². The zero-order valence-electron chi connectivity index (χ0n) is 11.9. The van der Waals surface area contributed by atoms with Crippen molar-refractivity contribution in [2.24, 2.45) is 5.41 Å². The fourth-order valence-electron chi connectivity index (χ4n) is 1.97. The lowest BCUT2D eigenvalue weighted by molar-refractivity contribution is 0.127. The van der Waals surface area contributed by atoms with Crippen LogP contribution in [-0.4, -0.2) is 25.4 Å². The molecule has 0 saturated heterocycles. The Morgan fingerprint density at radius 3 is 2.53 bits per heavy atom. The van der Waals surface area contributed by atoms with Gasteiger partial charge in [-0.15, -0.1) is 0 Å². The van der Waals surface area contributed by atoms with E-state index in [1.807, 2.05) is 6.07 Å². The molecule has 19 heavy (non-hydrogen) atoms. The number of methoxy groups -OCH3 is 1. The predicted molar refractivity (Wildman–Crippen MR) is 76.3 cm³/mol. The predicted octanol–water partition coefficient (Wildman–Crippen LogP) is 2.78. The highest BCUT2D eigenvalue weighted by Gasteiger charge is 2.25. The first-order valence-electron chi connectivity index (χ1n) is 6.57. The van der Waals surface area contributed by atoms with Gasteiger partial charge in [0.2, 0.25) is 0 Å². The van der Waals surface area contributed by atoms with Crippen molar-refractivity contribution in [2.75, 3.05) is 25.6 Å². The first-order valence-corrected chi connectivity index (χ1v) is 6.57. The molecule has 2 N–H and O–H groups in total. The molecule has 0 fully saturated rings. The molecular formula is C15H22N2O2. The Labute approximate surface area is 115 Å². The molecule has 4 nitrogen and oxygen atoms in total. The molecule has 1 aromatic rings. The minimum Gasteiger partial charge on any atom is -0.495 e. The van der Waals surface area contributed by atoms with E-state index >= 15 is 0 Å². The Kier molecular flexibility index (Phi) is 5.65. The maximum Gasteiger partial charge on any atom is 0.143 e. The van der Waals surface area contributed by atoms with Gasteiger partial charge >= 0.3 is 0 Å². The second-order valence-electron chi connectivity index (χ2n) is 4.75. The summed E-state index contributed by atoms with van der Waals surface area (Å²) in [7, 11) is 1.58. The average molecular weight is 262 g/mol. The Morgan fingerprint density at radius 1 is 1.37 bits per heavy atom. The van der Waals surface area contributed by atoms with Crippen molar-refractivity contribution >= 4 is 5.69 Å². The summed E-state index contributed by atoms with van der Waals surface area (Å²) in [5, 5.41) is 21.7. The second kappa shape index (κ2) is 7.01. The Hall–Kier alpha value is -1.73. The zero-order chi connectivity index (χ0) is 14.3. The summed E-state index contributed by atoms with van der Waals surface area (Å²) in [5.74, 6) is 0.651. The molecule has 0 bridgehead atoms. The quantitative estimate of drug-likeness (QED) is 0.793. The van der Waals surface area contributed by atoms with Crippen LogP contribution >= 0.6 is 0 Å². The minimum absolute atomic E-state index is 0.112. The minimum atomic E-state index is -0.112.